The lowest BCUT2D eigenvalue weighted by molar-refractivity contribution is -0.146. The van der Waals surface area contributed by atoms with Crippen LogP contribution in [0.5, 0.6) is 0 Å². The third-order valence-corrected chi connectivity index (χ3v) is 7.96. The number of hydrogen-bond donors (Lipinski definition) is 2. The van der Waals surface area contributed by atoms with Crippen molar-refractivity contribution in [2.45, 2.75) is 61.4 Å². The lowest BCUT2D eigenvalue weighted by Gasteiger charge is -2.43. The summed E-state index contributed by atoms with van der Waals surface area (Å²) in [4.78, 5) is 12.2. The number of carbonyl (C=O) groups is 1. The molecule has 1 aromatic carbocycles. The SMILES string of the molecule is O=C(C[C@H]1CC[C@H]2[C@@H](COC[C@H](O)CN2S(=O)(=O)c2ccc(F)cc2)O1)NCC1CC1. The number of aliphatic hydroxyl groups is 1. The Morgan fingerprint density at radius 3 is 2.61 bits per heavy atom. The summed E-state index contributed by atoms with van der Waals surface area (Å²) in [6.45, 7) is 0.658. The van der Waals surface area contributed by atoms with Gasteiger partial charge in [-0.3, -0.25) is 4.79 Å². The molecule has 1 aromatic rings. The zero-order chi connectivity index (χ0) is 22.0. The van der Waals surface area contributed by atoms with Gasteiger partial charge >= 0.3 is 0 Å². The number of nitrogens with one attached hydrogen (secondary N) is 1. The molecular formula is C21H29FN2O6S. The van der Waals surface area contributed by atoms with Gasteiger partial charge in [-0.25, -0.2) is 12.8 Å². The Bertz CT molecular complexity index is 876. The van der Waals surface area contributed by atoms with Gasteiger partial charge < -0.3 is 19.9 Å². The molecule has 10 heteroatoms. The first kappa shape index (κ1) is 22.6. The molecule has 2 heterocycles. The molecule has 3 fully saturated rings. The number of nitrogens with zero attached hydrogens (tertiary/aromatic N) is 1. The molecule has 2 N–H and O–H groups in total. The van der Waals surface area contributed by atoms with Gasteiger partial charge in [0, 0.05) is 13.1 Å². The molecule has 8 nitrogen and oxygen atoms in total. The van der Waals surface area contributed by atoms with Crippen molar-refractivity contribution in [3.05, 3.63) is 30.1 Å². The van der Waals surface area contributed by atoms with Gasteiger partial charge in [-0.1, -0.05) is 0 Å². The fourth-order valence-corrected chi connectivity index (χ4v) is 5.89. The molecule has 2 aliphatic heterocycles. The van der Waals surface area contributed by atoms with Crippen LogP contribution in [0, 0.1) is 11.7 Å². The quantitative estimate of drug-likeness (QED) is 0.663. The molecule has 0 unspecified atom stereocenters. The molecule has 1 saturated carbocycles. The van der Waals surface area contributed by atoms with E-state index in [4.69, 9.17) is 9.47 Å². The van der Waals surface area contributed by atoms with E-state index in [1.807, 2.05) is 0 Å². The minimum absolute atomic E-state index is 0.0193. The number of amides is 1. The molecule has 0 aromatic heterocycles. The number of rotatable bonds is 6. The third kappa shape index (κ3) is 5.61. The molecule has 3 aliphatic rings. The van der Waals surface area contributed by atoms with Gasteiger partial charge in [-0.2, -0.15) is 4.31 Å². The fourth-order valence-electron chi connectivity index (χ4n) is 4.17. The van der Waals surface area contributed by atoms with E-state index in [0.717, 1.165) is 25.0 Å². The van der Waals surface area contributed by atoms with Gasteiger partial charge in [0.05, 0.1) is 48.9 Å². The maximum atomic E-state index is 13.3. The Morgan fingerprint density at radius 2 is 1.90 bits per heavy atom. The van der Waals surface area contributed by atoms with E-state index in [1.54, 1.807) is 0 Å². The van der Waals surface area contributed by atoms with Crippen molar-refractivity contribution in [1.29, 1.82) is 0 Å². The number of carbonyl (C=O) groups excluding carboxylic acids is 1. The minimum atomic E-state index is -3.98. The number of hydrogen-bond acceptors (Lipinski definition) is 6. The van der Waals surface area contributed by atoms with Gasteiger partial charge in [0.25, 0.3) is 0 Å². The van der Waals surface area contributed by atoms with Gasteiger partial charge in [0.2, 0.25) is 15.9 Å². The van der Waals surface area contributed by atoms with Gasteiger partial charge in [0.15, 0.2) is 0 Å². The number of benzene rings is 1. The Hall–Kier alpha value is -1.59. The molecular weight excluding hydrogens is 427 g/mol. The smallest absolute Gasteiger partial charge is 0.243 e. The monoisotopic (exact) mass is 456 g/mol. The van der Waals surface area contributed by atoms with E-state index < -0.39 is 34.1 Å². The van der Waals surface area contributed by atoms with Crippen LogP contribution in [0.2, 0.25) is 0 Å². The highest BCUT2D eigenvalue weighted by Gasteiger charge is 2.43. The summed E-state index contributed by atoms with van der Waals surface area (Å²) >= 11 is 0. The van der Waals surface area contributed by atoms with Crippen molar-refractivity contribution >= 4 is 15.9 Å². The van der Waals surface area contributed by atoms with E-state index >= 15 is 0 Å². The second kappa shape index (κ2) is 9.50. The molecule has 0 bridgehead atoms. The first-order valence-corrected chi connectivity index (χ1v) is 12.2. The Kier molecular flexibility index (Phi) is 6.92. The zero-order valence-corrected chi connectivity index (χ0v) is 18.1. The molecule has 172 valence electrons. The summed E-state index contributed by atoms with van der Waals surface area (Å²) in [6.07, 6.45) is 1.68. The van der Waals surface area contributed by atoms with Crippen molar-refractivity contribution < 1.29 is 32.2 Å². The maximum Gasteiger partial charge on any atom is 0.243 e. The average molecular weight is 457 g/mol. The molecule has 0 spiro atoms. The van der Waals surface area contributed by atoms with Crippen LogP contribution in [0.3, 0.4) is 0 Å². The fraction of sp³-hybridized carbons (Fsp3) is 0.667. The van der Waals surface area contributed by atoms with Gasteiger partial charge in [-0.15, -0.1) is 0 Å². The van der Waals surface area contributed by atoms with Crippen LogP contribution < -0.4 is 5.32 Å². The van der Waals surface area contributed by atoms with Crippen LogP contribution in [0.1, 0.15) is 32.1 Å². The molecule has 4 atom stereocenters. The summed E-state index contributed by atoms with van der Waals surface area (Å²) < 4.78 is 52.8. The van der Waals surface area contributed by atoms with E-state index in [0.29, 0.717) is 25.3 Å². The van der Waals surface area contributed by atoms with Gasteiger partial charge in [0.1, 0.15) is 5.82 Å². The van der Waals surface area contributed by atoms with E-state index in [1.165, 1.54) is 16.4 Å². The molecule has 2 saturated heterocycles. The predicted molar refractivity (Wildman–Crippen MR) is 109 cm³/mol. The van der Waals surface area contributed by atoms with Crippen LogP contribution in [-0.4, -0.2) is 74.4 Å². The van der Waals surface area contributed by atoms with Crippen LogP contribution in [0.4, 0.5) is 4.39 Å². The maximum absolute atomic E-state index is 13.3. The number of aliphatic hydroxyl groups excluding tert-OH is 1. The normalized spacial score (nSPS) is 30.1. The zero-order valence-electron chi connectivity index (χ0n) is 17.3. The van der Waals surface area contributed by atoms with Crippen LogP contribution in [0.15, 0.2) is 29.2 Å². The number of ether oxygens (including phenoxy) is 2. The van der Waals surface area contributed by atoms with Crippen molar-refractivity contribution in [3.63, 3.8) is 0 Å². The lowest BCUT2D eigenvalue weighted by Crippen LogP contribution is -2.57. The Morgan fingerprint density at radius 1 is 1.16 bits per heavy atom. The highest BCUT2D eigenvalue weighted by atomic mass is 32.2. The molecule has 4 rings (SSSR count). The van der Waals surface area contributed by atoms with E-state index in [9.17, 15) is 22.7 Å². The van der Waals surface area contributed by atoms with Gasteiger partial charge in [-0.05, 0) is 55.9 Å². The van der Waals surface area contributed by atoms with Crippen LogP contribution >= 0.6 is 0 Å². The standard InChI is InChI=1S/C21H29FN2O6S/c22-15-3-6-18(7-4-15)31(27,28)24-11-16(25)12-29-13-20-19(24)8-5-17(30-20)9-21(26)23-10-14-1-2-14/h3-4,6-7,14,16-17,19-20,25H,1-2,5,8-13H2,(H,23,26)/t16-,17-,19+,20-/m1/s1. The first-order chi connectivity index (χ1) is 14.8. The highest BCUT2D eigenvalue weighted by molar-refractivity contribution is 7.89. The third-order valence-electron chi connectivity index (χ3n) is 6.05. The van der Waals surface area contributed by atoms with Crippen molar-refractivity contribution in [2.24, 2.45) is 5.92 Å². The first-order valence-electron chi connectivity index (χ1n) is 10.8. The van der Waals surface area contributed by atoms with Crippen LogP contribution in [-0.2, 0) is 24.3 Å². The van der Waals surface area contributed by atoms with E-state index in [-0.39, 0.29) is 43.1 Å². The van der Waals surface area contributed by atoms with Crippen molar-refractivity contribution in [2.75, 3.05) is 26.3 Å². The van der Waals surface area contributed by atoms with E-state index in [2.05, 4.69) is 5.32 Å². The topological polar surface area (TPSA) is 105 Å². The largest absolute Gasteiger partial charge is 0.389 e. The summed E-state index contributed by atoms with van der Waals surface area (Å²) in [5, 5.41) is 13.2. The molecule has 1 amide bonds. The lowest BCUT2D eigenvalue weighted by atomic mass is 9.96. The highest BCUT2D eigenvalue weighted by Crippen LogP contribution is 2.32. The summed E-state index contributed by atoms with van der Waals surface area (Å²) in [5.41, 5.74) is 0. The van der Waals surface area contributed by atoms with Crippen molar-refractivity contribution in [1.82, 2.24) is 9.62 Å². The number of β-amino-alcohol motifs (C(OH)–C–C–N with tert-alkyl or cyclic N) is 1. The minimum Gasteiger partial charge on any atom is -0.389 e. The molecule has 1 aliphatic carbocycles. The summed E-state index contributed by atoms with van der Waals surface area (Å²) in [7, 11) is -3.98. The number of halogens is 1. The summed E-state index contributed by atoms with van der Waals surface area (Å²) in [6, 6.07) is 4.09. The molecule has 0 radical (unpaired) electrons. The number of fused-ring (bicyclic) bond motifs is 1. The second-order valence-corrected chi connectivity index (χ2v) is 10.5. The predicted octanol–water partition coefficient (Wildman–Crippen LogP) is 1.04. The van der Waals surface area contributed by atoms with Crippen molar-refractivity contribution in [3.8, 4) is 0 Å². The Balaban J connectivity index is 1.47. The second-order valence-electron chi connectivity index (χ2n) is 8.61. The molecule has 31 heavy (non-hydrogen) atoms. The Labute approximate surface area is 181 Å². The van der Waals surface area contributed by atoms with Crippen LogP contribution in [0.25, 0.3) is 0 Å². The average Bonchev–Trinajstić information content (AvgIpc) is 3.54. The summed E-state index contributed by atoms with van der Waals surface area (Å²) in [5.74, 6) is 0.00585. The number of sulfonamides is 1.